The van der Waals surface area contributed by atoms with E-state index in [1.165, 1.54) is 0 Å². The van der Waals surface area contributed by atoms with E-state index < -0.39 is 17.7 Å². The van der Waals surface area contributed by atoms with Crippen LogP contribution in [0.2, 0.25) is 0 Å². The molecule has 0 heterocycles. The van der Waals surface area contributed by atoms with E-state index in [0.29, 0.717) is 5.92 Å². The third-order valence-corrected chi connectivity index (χ3v) is 4.78. The van der Waals surface area contributed by atoms with Gasteiger partial charge in [-0.2, -0.15) is 0 Å². The van der Waals surface area contributed by atoms with Crippen molar-refractivity contribution in [2.75, 3.05) is 6.54 Å². The maximum atomic E-state index is 13.4. The molecule has 0 saturated heterocycles. The molecule has 7 heteroatoms. The van der Waals surface area contributed by atoms with Gasteiger partial charge < -0.3 is 20.3 Å². The van der Waals surface area contributed by atoms with E-state index in [4.69, 9.17) is 4.74 Å². The van der Waals surface area contributed by atoms with Crippen LogP contribution >= 0.6 is 0 Å². The lowest BCUT2D eigenvalue weighted by Crippen LogP contribution is -2.52. The summed E-state index contributed by atoms with van der Waals surface area (Å²) in [6, 6.07) is 8.21. The average molecular weight is 448 g/mol. The van der Waals surface area contributed by atoms with Crippen LogP contribution in [0.5, 0.6) is 0 Å². The van der Waals surface area contributed by atoms with E-state index in [-0.39, 0.29) is 30.4 Å². The SMILES string of the molecule is CC(C)CCC(C)N(C(=O)CNC(=O)OC(C)(C)C)C(C(=O)NC(C)C)c1ccccc1. The molecule has 0 saturated carbocycles. The van der Waals surface area contributed by atoms with Gasteiger partial charge >= 0.3 is 6.09 Å². The minimum atomic E-state index is -0.798. The molecular formula is C25H41N3O4. The zero-order chi connectivity index (χ0) is 24.5. The smallest absolute Gasteiger partial charge is 0.408 e. The van der Waals surface area contributed by atoms with Crippen molar-refractivity contribution in [3.63, 3.8) is 0 Å². The molecular weight excluding hydrogens is 406 g/mol. The van der Waals surface area contributed by atoms with Crippen molar-refractivity contribution in [1.82, 2.24) is 15.5 Å². The molecule has 1 rings (SSSR count). The molecule has 1 aromatic carbocycles. The van der Waals surface area contributed by atoms with E-state index in [2.05, 4.69) is 24.5 Å². The average Bonchev–Trinajstić information content (AvgIpc) is 2.67. The molecule has 0 bridgehead atoms. The zero-order valence-electron chi connectivity index (χ0n) is 20.9. The molecule has 7 nitrogen and oxygen atoms in total. The summed E-state index contributed by atoms with van der Waals surface area (Å²) >= 11 is 0. The van der Waals surface area contributed by atoms with E-state index in [1.807, 2.05) is 51.1 Å². The number of hydrogen-bond acceptors (Lipinski definition) is 4. The van der Waals surface area contributed by atoms with E-state index in [1.54, 1.807) is 25.7 Å². The molecule has 0 aliphatic heterocycles. The Morgan fingerprint density at radius 3 is 2.06 bits per heavy atom. The van der Waals surface area contributed by atoms with Gasteiger partial charge in [-0.1, -0.05) is 44.2 Å². The molecule has 180 valence electrons. The Bertz CT molecular complexity index is 741. The highest BCUT2D eigenvalue weighted by molar-refractivity contribution is 5.90. The molecule has 0 aromatic heterocycles. The van der Waals surface area contributed by atoms with Gasteiger partial charge in [-0.3, -0.25) is 9.59 Å². The van der Waals surface area contributed by atoms with E-state index >= 15 is 0 Å². The molecule has 2 N–H and O–H groups in total. The number of carbonyl (C=O) groups excluding carboxylic acids is 3. The third kappa shape index (κ3) is 9.71. The molecule has 0 spiro atoms. The molecule has 2 unspecified atom stereocenters. The van der Waals surface area contributed by atoms with Crippen LogP contribution in [-0.2, 0) is 14.3 Å². The summed E-state index contributed by atoms with van der Waals surface area (Å²) < 4.78 is 5.25. The minimum absolute atomic E-state index is 0.0727. The highest BCUT2D eigenvalue weighted by Gasteiger charge is 2.35. The molecule has 1 aromatic rings. The Morgan fingerprint density at radius 2 is 1.56 bits per heavy atom. The van der Waals surface area contributed by atoms with Gasteiger partial charge in [0.25, 0.3) is 0 Å². The van der Waals surface area contributed by atoms with Crippen molar-refractivity contribution in [2.45, 2.75) is 92.0 Å². The van der Waals surface area contributed by atoms with Crippen molar-refractivity contribution < 1.29 is 19.1 Å². The quantitative estimate of drug-likeness (QED) is 0.555. The number of amides is 3. The van der Waals surface area contributed by atoms with Crippen molar-refractivity contribution in [3.8, 4) is 0 Å². The van der Waals surface area contributed by atoms with Crippen molar-refractivity contribution >= 4 is 17.9 Å². The first-order valence-electron chi connectivity index (χ1n) is 11.4. The summed E-state index contributed by atoms with van der Waals surface area (Å²) in [6.45, 7) is 15.0. The number of benzene rings is 1. The second kappa shape index (κ2) is 12.5. The number of ether oxygens (including phenoxy) is 1. The third-order valence-electron chi connectivity index (χ3n) is 4.78. The van der Waals surface area contributed by atoms with Crippen LogP contribution in [0.15, 0.2) is 30.3 Å². The molecule has 0 radical (unpaired) electrons. The lowest BCUT2D eigenvalue weighted by atomic mass is 9.98. The van der Waals surface area contributed by atoms with Crippen LogP contribution in [0.4, 0.5) is 4.79 Å². The first-order valence-corrected chi connectivity index (χ1v) is 11.4. The standard InChI is InChI=1S/C25H41N3O4/c1-17(2)14-15-19(5)28(21(29)16-26-24(31)32-25(6,7)8)22(23(30)27-18(3)4)20-12-10-9-11-13-20/h9-13,17-19,22H,14-16H2,1-8H3,(H,26,31)(H,27,30). The number of nitrogens with zero attached hydrogens (tertiary/aromatic N) is 1. The zero-order valence-corrected chi connectivity index (χ0v) is 20.9. The van der Waals surface area contributed by atoms with Crippen LogP contribution in [0, 0.1) is 5.92 Å². The fraction of sp³-hybridized carbons (Fsp3) is 0.640. The minimum Gasteiger partial charge on any atom is -0.444 e. The largest absolute Gasteiger partial charge is 0.444 e. The van der Waals surface area contributed by atoms with E-state index in [9.17, 15) is 14.4 Å². The number of alkyl carbamates (subject to hydrolysis) is 1. The van der Waals surface area contributed by atoms with Crippen molar-refractivity contribution in [2.24, 2.45) is 5.92 Å². The molecule has 0 aliphatic rings. The van der Waals surface area contributed by atoms with Crippen LogP contribution in [0.3, 0.4) is 0 Å². The molecule has 0 aliphatic carbocycles. The van der Waals surface area contributed by atoms with Crippen LogP contribution in [-0.4, -0.2) is 47.0 Å². The fourth-order valence-electron chi connectivity index (χ4n) is 3.35. The highest BCUT2D eigenvalue weighted by Crippen LogP contribution is 2.26. The van der Waals surface area contributed by atoms with Gasteiger partial charge in [0.2, 0.25) is 11.8 Å². The van der Waals surface area contributed by atoms with E-state index in [0.717, 1.165) is 18.4 Å². The predicted octanol–water partition coefficient (Wildman–Crippen LogP) is 4.43. The number of carbonyl (C=O) groups is 3. The number of nitrogens with one attached hydrogen (secondary N) is 2. The molecule has 3 amide bonds. The first kappa shape index (κ1) is 27.5. The molecule has 0 fully saturated rings. The Balaban J connectivity index is 3.23. The lowest BCUT2D eigenvalue weighted by molar-refractivity contribution is -0.143. The topological polar surface area (TPSA) is 87.7 Å². The highest BCUT2D eigenvalue weighted by atomic mass is 16.6. The summed E-state index contributed by atoms with van der Waals surface area (Å²) in [6.07, 6.45) is 0.995. The van der Waals surface area contributed by atoms with Gasteiger partial charge in [-0.15, -0.1) is 0 Å². The van der Waals surface area contributed by atoms with Gasteiger partial charge in [-0.05, 0) is 65.9 Å². The van der Waals surface area contributed by atoms with Gasteiger partial charge in [-0.25, -0.2) is 4.79 Å². The first-order chi connectivity index (χ1) is 14.8. The second-order valence-electron chi connectivity index (χ2n) is 9.95. The number of hydrogen-bond donors (Lipinski definition) is 2. The van der Waals surface area contributed by atoms with Gasteiger partial charge in [0, 0.05) is 12.1 Å². The summed E-state index contributed by atoms with van der Waals surface area (Å²) in [5.74, 6) is -0.109. The molecule has 32 heavy (non-hydrogen) atoms. The summed E-state index contributed by atoms with van der Waals surface area (Å²) in [4.78, 5) is 40.3. The normalized spacial score (nSPS) is 13.4. The summed E-state index contributed by atoms with van der Waals surface area (Å²) in [5, 5.41) is 5.49. The molecule has 2 atom stereocenters. The lowest BCUT2D eigenvalue weighted by Gasteiger charge is -2.37. The fourth-order valence-corrected chi connectivity index (χ4v) is 3.35. The maximum absolute atomic E-state index is 13.4. The van der Waals surface area contributed by atoms with Crippen molar-refractivity contribution in [1.29, 1.82) is 0 Å². The predicted molar refractivity (Wildman–Crippen MR) is 127 cm³/mol. The van der Waals surface area contributed by atoms with Crippen LogP contribution in [0.1, 0.15) is 79.8 Å². The Labute approximate surface area is 193 Å². The Kier molecular flexibility index (Phi) is 10.7. The van der Waals surface area contributed by atoms with Crippen molar-refractivity contribution in [3.05, 3.63) is 35.9 Å². The summed E-state index contributed by atoms with van der Waals surface area (Å²) in [5.41, 5.74) is 0.0637. The Hall–Kier alpha value is -2.57. The Morgan fingerprint density at radius 1 is 0.969 bits per heavy atom. The monoisotopic (exact) mass is 447 g/mol. The second-order valence-corrected chi connectivity index (χ2v) is 9.95. The van der Waals surface area contributed by atoms with Crippen LogP contribution in [0.25, 0.3) is 0 Å². The van der Waals surface area contributed by atoms with Gasteiger partial charge in [0.1, 0.15) is 18.2 Å². The van der Waals surface area contributed by atoms with Crippen LogP contribution < -0.4 is 10.6 Å². The summed E-state index contributed by atoms with van der Waals surface area (Å²) in [7, 11) is 0. The maximum Gasteiger partial charge on any atom is 0.408 e. The van der Waals surface area contributed by atoms with Gasteiger partial charge in [0.15, 0.2) is 0 Å². The number of rotatable bonds is 10. The van der Waals surface area contributed by atoms with Gasteiger partial charge in [0.05, 0.1) is 0 Å².